The minimum atomic E-state index is 0.0102. The molecular formula is C37H38N6O4S. The highest BCUT2D eigenvalue weighted by Gasteiger charge is 2.45. The molecule has 1 aliphatic carbocycles. The number of nitrogens with one attached hydrogen (secondary N) is 1. The summed E-state index contributed by atoms with van der Waals surface area (Å²) >= 11 is 1.65. The third-order valence-corrected chi connectivity index (χ3v) is 11.8. The number of amides is 1. The fourth-order valence-corrected chi connectivity index (χ4v) is 9.45. The summed E-state index contributed by atoms with van der Waals surface area (Å²) < 4.78 is 18.7. The molecule has 0 unspecified atom stereocenters. The van der Waals surface area contributed by atoms with E-state index in [0.29, 0.717) is 23.3 Å². The number of carbonyl (C=O) groups is 1. The first kappa shape index (κ1) is 29.9. The van der Waals surface area contributed by atoms with Crippen molar-refractivity contribution in [2.45, 2.75) is 70.1 Å². The topological polar surface area (TPSA) is 116 Å². The summed E-state index contributed by atoms with van der Waals surface area (Å²) in [5.74, 6) is 2.35. The maximum absolute atomic E-state index is 14.2. The molecule has 1 N–H and O–H groups in total. The number of aromatic nitrogens is 4. The third kappa shape index (κ3) is 4.93. The van der Waals surface area contributed by atoms with Crippen LogP contribution in [-0.2, 0) is 15.9 Å². The van der Waals surface area contributed by atoms with Crippen LogP contribution in [0, 0.1) is 12.8 Å². The van der Waals surface area contributed by atoms with Crippen molar-refractivity contribution in [3.05, 3.63) is 76.6 Å². The second-order valence-electron chi connectivity index (χ2n) is 13.4. The van der Waals surface area contributed by atoms with Crippen LogP contribution in [0.3, 0.4) is 0 Å². The smallest absolute Gasteiger partial charge is 0.257 e. The fourth-order valence-electron chi connectivity index (χ4n) is 8.29. The van der Waals surface area contributed by atoms with Gasteiger partial charge in [0.05, 0.1) is 45.4 Å². The van der Waals surface area contributed by atoms with E-state index < -0.39 is 0 Å². The number of rotatable bonds is 8. The van der Waals surface area contributed by atoms with Crippen LogP contribution in [0.25, 0.3) is 32.0 Å². The van der Waals surface area contributed by atoms with Gasteiger partial charge in [-0.05, 0) is 73.1 Å². The van der Waals surface area contributed by atoms with Crippen LogP contribution in [0.2, 0.25) is 0 Å². The van der Waals surface area contributed by atoms with Gasteiger partial charge in [-0.15, -0.1) is 21.5 Å². The number of anilines is 1. The second-order valence-corrected chi connectivity index (χ2v) is 14.5. The molecule has 48 heavy (non-hydrogen) atoms. The molecular weight excluding hydrogens is 625 g/mol. The number of ether oxygens (including phenoxy) is 2. The molecule has 0 spiro atoms. The van der Waals surface area contributed by atoms with Crippen molar-refractivity contribution in [1.29, 1.82) is 0 Å². The Bertz CT molecular complexity index is 2030. The van der Waals surface area contributed by atoms with E-state index in [-0.39, 0.29) is 24.1 Å². The highest BCUT2D eigenvalue weighted by Crippen LogP contribution is 2.51. The lowest BCUT2D eigenvalue weighted by Crippen LogP contribution is -2.22. The first-order valence-electron chi connectivity index (χ1n) is 17.1. The van der Waals surface area contributed by atoms with Crippen LogP contribution < -0.4 is 5.32 Å². The summed E-state index contributed by atoms with van der Waals surface area (Å²) in [4.78, 5) is 27.4. The van der Waals surface area contributed by atoms with Gasteiger partial charge in [0.1, 0.15) is 5.82 Å². The van der Waals surface area contributed by atoms with Crippen molar-refractivity contribution < 1.29 is 18.7 Å². The average molecular weight is 663 g/mol. The number of carbonyl (C=O) groups excluding carboxylic acids is 1. The molecule has 1 aromatic carbocycles. The SMILES string of the molecule is CO[C@H]1C[C@H](Nc2nccc3cc(-c4c5c(nc(CCC6CCOCC6)c4-c4nnc(C)o4)[C@@H]4CCCN4C5=O)sc23)c2ccccc21. The number of hydrogen-bond donors (Lipinski definition) is 1. The molecule has 11 heteroatoms. The van der Waals surface area contributed by atoms with Gasteiger partial charge in [-0.2, -0.15) is 0 Å². The maximum Gasteiger partial charge on any atom is 0.257 e. The van der Waals surface area contributed by atoms with Crippen molar-refractivity contribution in [3.8, 4) is 21.9 Å². The van der Waals surface area contributed by atoms with E-state index in [1.807, 2.05) is 17.2 Å². The number of hydrogen-bond acceptors (Lipinski definition) is 10. The molecule has 5 aromatic rings. The van der Waals surface area contributed by atoms with E-state index in [0.717, 1.165) is 108 Å². The van der Waals surface area contributed by atoms with Crippen molar-refractivity contribution in [2.75, 3.05) is 32.2 Å². The van der Waals surface area contributed by atoms with E-state index in [2.05, 4.69) is 45.8 Å². The summed E-state index contributed by atoms with van der Waals surface area (Å²) in [6.45, 7) is 4.17. The van der Waals surface area contributed by atoms with Gasteiger partial charge in [-0.3, -0.25) is 9.78 Å². The van der Waals surface area contributed by atoms with E-state index in [1.54, 1.807) is 25.4 Å². The lowest BCUT2D eigenvalue weighted by Gasteiger charge is -2.22. The third-order valence-electron chi connectivity index (χ3n) is 10.7. The highest BCUT2D eigenvalue weighted by molar-refractivity contribution is 7.23. The first-order chi connectivity index (χ1) is 23.6. The van der Waals surface area contributed by atoms with Crippen LogP contribution in [0.4, 0.5) is 5.82 Å². The number of aryl methyl sites for hydroxylation is 2. The Labute approximate surface area is 282 Å². The maximum atomic E-state index is 14.2. The zero-order valence-electron chi connectivity index (χ0n) is 27.2. The molecule has 7 heterocycles. The zero-order chi connectivity index (χ0) is 32.4. The molecule has 2 fully saturated rings. The Morgan fingerprint density at radius 1 is 1.06 bits per heavy atom. The monoisotopic (exact) mass is 662 g/mol. The van der Waals surface area contributed by atoms with Gasteiger partial charge in [-0.1, -0.05) is 24.3 Å². The minimum Gasteiger partial charge on any atom is -0.421 e. The molecule has 0 saturated carbocycles. The van der Waals surface area contributed by atoms with Crippen molar-refractivity contribution in [2.24, 2.45) is 5.92 Å². The lowest BCUT2D eigenvalue weighted by molar-refractivity contribution is 0.0639. The summed E-state index contributed by atoms with van der Waals surface area (Å²) in [6.07, 6.45) is 8.51. The summed E-state index contributed by atoms with van der Waals surface area (Å²) in [5.41, 5.74) is 6.62. The number of thiophene rings is 1. The normalized spacial score (nSPS) is 22.0. The molecule has 4 aliphatic rings. The number of benzene rings is 1. The van der Waals surface area contributed by atoms with Gasteiger partial charge in [0, 0.05) is 56.9 Å². The van der Waals surface area contributed by atoms with Gasteiger partial charge in [0.2, 0.25) is 11.8 Å². The summed E-state index contributed by atoms with van der Waals surface area (Å²) in [5, 5.41) is 13.6. The van der Waals surface area contributed by atoms with Crippen LogP contribution >= 0.6 is 11.3 Å². The van der Waals surface area contributed by atoms with Crippen molar-refractivity contribution >= 4 is 33.1 Å². The first-order valence-corrected chi connectivity index (χ1v) is 17.9. The van der Waals surface area contributed by atoms with Crippen LogP contribution in [0.5, 0.6) is 0 Å². The Balaban J connectivity index is 1.19. The van der Waals surface area contributed by atoms with E-state index in [9.17, 15) is 4.79 Å². The quantitative estimate of drug-likeness (QED) is 0.179. The lowest BCUT2D eigenvalue weighted by atomic mass is 9.90. The zero-order valence-corrected chi connectivity index (χ0v) is 28.0. The molecule has 246 valence electrons. The highest BCUT2D eigenvalue weighted by atomic mass is 32.1. The van der Waals surface area contributed by atoms with E-state index in [4.69, 9.17) is 23.9 Å². The van der Waals surface area contributed by atoms with Gasteiger partial charge >= 0.3 is 0 Å². The molecule has 4 aromatic heterocycles. The predicted molar refractivity (Wildman–Crippen MR) is 183 cm³/mol. The van der Waals surface area contributed by atoms with Gasteiger partial charge in [0.25, 0.3) is 5.91 Å². The molecule has 9 rings (SSSR count). The fraction of sp³-hybridized carbons (Fsp3) is 0.432. The van der Waals surface area contributed by atoms with Gasteiger partial charge in [0.15, 0.2) is 0 Å². The minimum absolute atomic E-state index is 0.0102. The molecule has 3 aliphatic heterocycles. The number of pyridine rings is 2. The number of methoxy groups -OCH3 is 1. The Hall–Kier alpha value is -4.19. The standard InChI is InChI=1S/C37H38N6O4S/c1-20-41-42-36(47-20)30-25(10-9-21-12-16-46-17-13-21)39-33-27-8-5-15-43(27)37(44)32(33)31(30)29-18-22-11-14-38-35(34(22)48-29)40-26-19-28(45-2)24-7-4-3-6-23(24)26/h3-4,6-7,11,14,18,21,26-28H,5,8-10,12-13,15-17,19H2,1-2H3,(H,38,40)/t26-,27-,28-/m0/s1. The van der Waals surface area contributed by atoms with Crippen molar-refractivity contribution in [3.63, 3.8) is 0 Å². The molecule has 3 atom stereocenters. The van der Waals surface area contributed by atoms with Gasteiger partial charge < -0.3 is 24.1 Å². The Morgan fingerprint density at radius 3 is 2.73 bits per heavy atom. The van der Waals surface area contributed by atoms with Crippen molar-refractivity contribution in [1.82, 2.24) is 25.1 Å². The van der Waals surface area contributed by atoms with E-state index >= 15 is 0 Å². The Kier molecular flexibility index (Phi) is 7.51. The predicted octanol–water partition coefficient (Wildman–Crippen LogP) is 7.61. The van der Waals surface area contributed by atoms with E-state index in [1.165, 1.54) is 11.1 Å². The molecule has 0 radical (unpaired) electrons. The van der Waals surface area contributed by atoms with Crippen LogP contribution in [0.15, 0.2) is 47.0 Å². The molecule has 1 amide bonds. The largest absolute Gasteiger partial charge is 0.421 e. The second kappa shape index (κ2) is 12.0. The van der Waals surface area contributed by atoms with Crippen LogP contribution in [-0.4, -0.2) is 57.8 Å². The Morgan fingerprint density at radius 2 is 1.92 bits per heavy atom. The summed E-state index contributed by atoms with van der Waals surface area (Å²) in [7, 11) is 1.77. The molecule has 0 bridgehead atoms. The van der Waals surface area contributed by atoms with Crippen LogP contribution in [0.1, 0.15) is 95.5 Å². The number of fused-ring (bicyclic) bond motifs is 5. The average Bonchev–Trinajstić information content (AvgIpc) is 3.95. The molecule has 2 saturated heterocycles. The molecule has 10 nitrogen and oxygen atoms in total. The van der Waals surface area contributed by atoms with Gasteiger partial charge in [-0.25, -0.2) is 4.98 Å². The summed E-state index contributed by atoms with van der Waals surface area (Å²) in [6, 6.07) is 12.8. The number of nitrogens with zero attached hydrogens (tertiary/aromatic N) is 5.